The van der Waals surface area contributed by atoms with E-state index in [1.807, 2.05) is 19.3 Å². The maximum absolute atomic E-state index is 5.60. The maximum Gasteiger partial charge on any atom is 0.191 e. The second kappa shape index (κ2) is 17.0. The summed E-state index contributed by atoms with van der Waals surface area (Å²) >= 11 is 0. The standard InChI is InChI=1S/C23H37N5O2.HI/c1-4-6-13-29-15-16-30-14-11-26-23(24-5-2)27-18-21-8-7-9-22(17-21)19-28-12-10-25-20(28)3;/h7-10,12,17H,4-6,11,13-16,18-19H2,1-3H3,(H2,24,26,27);1H. The average molecular weight is 543 g/mol. The molecule has 0 aliphatic rings. The van der Waals surface area contributed by atoms with Crippen molar-refractivity contribution in [2.75, 3.05) is 39.5 Å². The molecule has 0 bridgehead atoms. The number of halogens is 1. The molecule has 0 spiro atoms. The van der Waals surface area contributed by atoms with Crippen molar-refractivity contribution in [3.63, 3.8) is 0 Å². The summed E-state index contributed by atoms with van der Waals surface area (Å²) in [5.41, 5.74) is 2.43. The molecule has 1 aromatic carbocycles. The van der Waals surface area contributed by atoms with Crippen LogP contribution in [0.5, 0.6) is 0 Å². The summed E-state index contributed by atoms with van der Waals surface area (Å²) in [5, 5.41) is 6.60. The third-order valence-electron chi connectivity index (χ3n) is 4.59. The van der Waals surface area contributed by atoms with Crippen molar-refractivity contribution in [1.29, 1.82) is 0 Å². The lowest BCUT2D eigenvalue weighted by Gasteiger charge is -2.12. The molecule has 0 aliphatic carbocycles. The fraction of sp³-hybridized carbons (Fsp3) is 0.565. The molecular weight excluding hydrogens is 505 g/mol. The lowest BCUT2D eigenvalue weighted by molar-refractivity contribution is 0.0487. The third kappa shape index (κ3) is 11.5. The molecule has 2 N–H and O–H groups in total. The Labute approximate surface area is 204 Å². The Morgan fingerprint density at radius 1 is 1.06 bits per heavy atom. The van der Waals surface area contributed by atoms with E-state index in [-0.39, 0.29) is 24.0 Å². The molecule has 174 valence electrons. The number of guanidine groups is 1. The zero-order valence-corrected chi connectivity index (χ0v) is 21.4. The SMILES string of the molecule is CCCCOCCOCCNC(=NCc1cccc(Cn2ccnc2C)c1)NCC.I. The fourth-order valence-corrected chi connectivity index (χ4v) is 2.92. The van der Waals surface area contributed by atoms with Gasteiger partial charge in [0.1, 0.15) is 5.82 Å². The van der Waals surface area contributed by atoms with Crippen molar-refractivity contribution in [2.24, 2.45) is 4.99 Å². The highest BCUT2D eigenvalue weighted by atomic mass is 127. The number of hydrogen-bond donors (Lipinski definition) is 2. The van der Waals surface area contributed by atoms with Crippen LogP contribution in [0.25, 0.3) is 0 Å². The monoisotopic (exact) mass is 543 g/mol. The van der Waals surface area contributed by atoms with Crippen LogP contribution in [-0.2, 0) is 22.6 Å². The Morgan fingerprint density at radius 3 is 2.55 bits per heavy atom. The number of rotatable bonds is 14. The molecule has 0 saturated heterocycles. The van der Waals surface area contributed by atoms with Crippen LogP contribution in [0.1, 0.15) is 43.6 Å². The molecule has 0 fully saturated rings. The van der Waals surface area contributed by atoms with Gasteiger partial charge in [0.2, 0.25) is 0 Å². The maximum atomic E-state index is 5.60. The molecule has 7 nitrogen and oxygen atoms in total. The van der Waals surface area contributed by atoms with Crippen molar-refractivity contribution in [3.8, 4) is 0 Å². The van der Waals surface area contributed by atoms with Gasteiger partial charge in [0.15, 0.2) is 5.96 Å². The second-order valence-corrected chi connectivity index (χ2v) is 7.12. The number of ether oxygens (including phenoxy) is 2. The Bertz CT molecular complexity index is 751. The van der Waals surface area contributed by atoms with E-state index < -0.39 is 0 Å². The normalized spacial score (nSPS) is 11.3. The quantitative estimate of drug-likeness (QED) is 0.164. The van der Waals surface area contributed by atoms with Crippen LogP contribution in [0.15, 0.2) is 41.7 Å². The molecule has 31 heavy (non-hydrogen) atoms. The lowest BCUT2D eigenvalue weighted by Crippen LogP contribution is -2.39. The van der Waals surface area contributed by atoms with E-state index in [0.29, 0.717) is 32.9 Å². The number of benzene rings is 1. The average Bonchev–Trinajstić information content (AvgIpc) is 3.15. The highest BCUT2D eigenvalue weighted by molar-refractivity contribution is 14.0. The van der Waals surface area contributed by atoms with Gasteiger partial charge in [0.25, 0.3) is 0 Å². The zero-order valence-electron chi connectivity index (χ0n) is 19.1. The first-order valence-corrected chi connectivity index (χ1v) is 11.0. The van der Waals surface area contributed by atoms with Gasteiger partial charge in [-0.15, -0.1) is 24.0 Å². The van der Waals surface area contributed by atoms with Crippen LogP contribution in [0.4, 0.5) is 0 Å². The Morgan fingerprint density at radius 2 is 1.84 bits per heavy atom. The second-order valence-electron chi connectivity index (χ2n) is 7.12. The molecular formula is C23H38IN5O2. The number of imidazole rings is 1. The van der Waals surface area contributed by atoms with E-state index >= 15 is 0 Å². The number of aliphatic imine (C=N–C) groups is 1. The summed E-state index contributed by atoms with van der Waals surface area (Å²) in [7, 11) is 0. The van der Waals surface area contributed by atoms with Gasteiger partial charge in [-0.2, -0.15) is 0 Å². The Balaban J connectivity index is 0.00000480. The van der Waals surface area contributed by atoms with Gasteiger partial charge in [0, 0.05) is 38.6 Å². The summed E-state index contributed by atoms with van der Waals surface area (Å²) in [5.74, 6) is 1.82. The summed E-state index contributed by atoms with van der Waals surface area (Å²) < 4.78 is 13.2. The first-order chi connectivity index (χ1) is 14.7. The van der Waals surface area contributed by atoms with E-state index in [2.05, 4.69) is 58.3 Å². The van der Waals surface area contributed by atoms with Crippen LogP contribution < -0.4 is 10.6 Å². The van der Waals surface area contributed by atoms with Gasteiger partial charge in [-0.1, -0.05) is 37.6 Å². The molecule has 0 aliphatic heterocycles. The minimum Gasteiger partial charge on any atom is -0.379 e. The number of aryl methyl sites for hydroxylation is 1. The molecule has 1 aromatic heterocycles. The van der Waals surface area contributed by atoms with Gasteiger partial charge < -0.3 is 24.7 Å². The molecule has 1 heterocycles. The van der Waals surface area contributed by atoms with Gasteiger partial charge >= 0.3 is 0 Å². The van der Waals surface area contributed by atoms with Crippen LogP contribution in [0.2, 0.25) is 0 Å². The first kappa shape index (κ1) is 27.4. The number of aromatic nitrogens is 2. The summed E-state index contributed by atoms with van der Waals surface area (Å²) in [6.45, 7) is 11.9. The van der Waals surface area contributed by atoms with Crippen LogP contribution in [0.3, 0.4) is 0 Å². The lowest BCUT2D eigenvalue weighted by atomic mass is 10.1. The summed E-state index contributed by atoms with van der Waals surface area (Å²) in [6.07, 6.45) is 6.11. The van der Waals surface area contributed by atoms with Crippen LogP contribution in [0, 0.1) is 6.92 Å². The molecule has 2 rings (SSSR count). The highest BCUT2D eigenvalue weighted by Crippen LogP contribution is 2.09. The number of nitrogens with zero attached hydrogens (tertiary/aromatic N) is 3. The predicted molar refractivity (Wildman–Crippen MR) is 137 cm³/mol. The molecule has 8 heteroatoms. The highest BCUT2D eigenvalue weighted by Gasteiger charge is 2.02. The van der Waals surface area contributed by atoms with Crippen LogP contribution >= 0.6 is 24.0 Å². The minimum absolute atomic E-state index is 0. The Hall–Kier alpha value is -1.65. The molecule has 0 unspecified atom stereocenters. The Kier molecular flexibility index (Phi) is 15.0. The molecule has 0 atom stereocenters. The minimum atomic E-state index is 0. The van der Waals surface area contributed by atoms with Crippen molar-refractivity contribution in [2.45, 2.75) is 46.7 Å². The topological polar surface area (TPSA) is 72.7 Å². The molecule has 0 amide bonds. The van der Waals surface area contributed by atoms with E-state index in [1.54, 1.807) is 0 Å². The third-order valence-corrected chi connectivity index (χ3v) is 4.59. The van der Waals surface area contributed by atoms with E-state index in [4.69, 9.17) is 14.5 Å². The molecule has 0 radical (unpaired) electrons. The van der Waals surface area contributed by atoms with Gasteiger partial charge in [-0.3, -0.25) is 0 Å². The first-order valence-electron chi connectivity index (χ1n) is 11.0. The van der Waals surface area contributed by atoms with E-state index in [0.717, 1.165) is 44.3 Å². The molecule has 2 aromatic rings. The van der Waals surface area contributed by atoms with E-state index in [9.17, 15) is 0 Å². The van der Waals surface area contributed by atoms with Crippen molar-refractivity contribution in [3.05, 3.63) is 53.6 Å². The van der Waals surface area contributed by atoms with E-state index in [1.165, 1.54) is 11.1 Å². The van der Waals surface area contributed by atoms with Gasteiger partial charge in [0.05, 0.1) is 26.4 Å². The largest absolute Gasteiger partial charge is 0.379 e. The zero-order chi connectivity index (χ0) is 21.4. The number of nitrogens with one attached hydrogen (secondary N) is 2. The van der Waals surface area contributed by atoms with Crippen molar-refractivity contribution in [1.82, 2.24) is 20.2 Å². The van der Waals surface area contributed by atoms with Crippen LogP contribution in [-0.4, -0.2) is 55.0 Å². The van der Waals surface area contributed by atoms with Crippen molar-refractivity contribution >= 4 is 29.9 Å². The fourth-order valence-electron chi connectivity index (χ4n) is 2.92. The number of unbranched alkanes of at least 4 members (excludes halogenated alkanes) is 1. The summed E-state index contributed by atoms with van der Waals surface area (Å²) in [6, 6.07) is 8.54. The number of hydrogen-bond acceptors (Lipinski definition) is 4. The predicted octanol–water partition coefficient (Wildman–Crippen LogP) is 3.75. The summed E-state index contributed by atoms with van der Waals surface area (Å²) in [4.78, 5) is 8.99. The van der Waals surface area contributed by atoms with Crippen molar-refractivity contribution < 1.29 is 9.47 Å². The smallest absolute Gasteiger partial charge is 0.191 e. The molecule has 0 saturated carbocycles. The van der Waals surface area contributed by atoms with Gasteiger partial charge in [-0.05, 0) is 31.4 Å². The van der Waals surface area contributed by atoms with Gasteiger partial charge in [-0.25, -0.2) is 9.98 Å².